The normalized spacial score (nSPS) is 14.7. The molecule has 0 spiro atoms. The molecule has 0 rings (SSSR count). The number of aliphatic hydroxyl groups excluding tert-OH is 1. The third kappa shape index (κ3) is 65.8. The van der Waals surface area contributed by atoms with Gasteiger partial charge in [-0.05, 0) is 43.4 Å². The summed E-state index contributed by atoms with van der Waals surface area (Å²) in [7, 11) is -9.91. The number of unbranched alkanes of at least 4 members (excludes halogenated alkanes) is 38. The summed E-state index contributed by atoms with van der Waals surface area (Å²) in [5.74, 6) is 0.197. The van der Waals surface area contributed by atoms with E-state index in [0.717, 1.165) is 114 Å². The smallest absolute Gasteiger partial charge is 0.462 e. The molecular weight excluding hydrogens is 1220 g/mol. The van der Waals surface area contributed by atoms with Gasteiger partial charge >= 0.3 is 39.5 Å². The fraction of sp³-hybridized carbons (Fsp3) is 0.946. The van der Waals surface area contributed by atoms with Crippen molar-refractivity contribution in [3.05, 3.63) is 0 Å². The molecule has 0 aromatic carbocycles. The number of carbonyl (C=O) groups is 4. The van der Waals surface area contributed by atoms with Gasteiger partial charge in [0.25, 0.3) is 0 Å². The monoisotopic (exact) mass is 1370 g/mol. The van der Waals surface area contributed by atoms with Crippen molar-refractivity contribution in [2.45, 2.75) is 394 Å². The molecule has 0 aliphatic rings. The molecule has 17 nitrogen and oxygen atoms in total. The lowest BCUT2D eigenvalue weighted by Gasteiger charge is -2.21. The van der Waals surface area contributed by atoms with Gasteiger partial charge in [0.2, 0.25) is 0 Å². The molecule has 0 aliphatic heterocycles. The van der Waals surface area contributed by atoms with Crippen molar-refractivity contribution in [1.82, 2.24) is 0 Å². The number of esters is 4. The molecule has 0 saturated heterocycles. The van der Waals surface area contributed by atoms with Gasteiger partial charge in [-0.2, -0.15) is 0 Å². The van der Waals surface area contributed by atoms with E-state index in [9.17, 15) is 43.2 Å². The predicted molar refractivity (Wildman–Crippen MR) is 377 cm³/mol. The Labute approximate surface area is 568 Å². The van der Waals surface area contributed by atoms with Gasteiger partial charge in [0.15, 0.2) is 12.2 Å². The number of carbonyl (C=O) groups excluding carboxylic acids is 4. The highest BCUT2D eigenvalue weighted by atomic mass is 31.2. The molecule has 0 bridgehead atoms. The molecule has 552 valence electrons. The average Bonchev–Trinajstić information content (AvgIpc) is 3.13. The first-order chi connectivity index (χ1) is 44.8. The molecule has 19 heteroatoms. The van der Waals surface area contributed by atoms with Crippen LogP contribution in [-0.4, -0.2) is 96.7 Å². The first kappa shape index (κ1) is 91.1. The predicted octanol–water partition coefficient (Wildman–Crippen LogP) is 21.4. The van der Waals surface area contributed by atoms with Crippen LogP contribution < -0.4 is 0 Å². The van der Waals surface area contributed by atoms with E-state index in [0.29, 0.717) is 25.7 Å². The molecular formula is C74H144O17P2. The Hall–Kier alpha value is -1.94. The molecule has 0 fully saturated rings. The quantitative estimate of drug-likeness (QED) is 0.0222. The fourth-order valence-corrected chi connectivity index (χ4v) is 12.8. The molecule has 0 aromatic rings. The summed E-state index contributed by atoms with van der Waals surface area (Å²) in [5, 5.41) is 10.6. The number of phosphoric ester groups is 2. The van der Waals surface area contributed by atoms with Crippen LogP contribution in [0, 0.1) is 17.8 Å². The lowest BCUT2D eigenvalue weighted by atomic mass is 9.99. The number of phosphoric acid groups is 2. The van der Waals surface area contributed by atoms with E-state index in [4.69, 9.17) is 37.0 Å². The molecule has 0 saturated carbocycles. The zero-order valence-corrected chi connectivity index (χ0v) is 62.5. The van der Waals surface area contributed by atoms with E-state index in [1.165, 1.54) is 180 Å². The largest absolute Gasteiger partial charge is 0.472 e. The molecule has 0 aliphatic carbocycles. The highest BCUT2D eigenvalue weighted by Gasteiger charge is 2.30. The standard InChI is InChI=1S/C74H144O17P2/c1-8-11-12-13-14-15-16-24-27-34-43-50-57-73(78)91-70(62-85-72(77)56-49-42-37-36-40-47-54-67(7)10-3)64-89-93(82,83)87-60-68(75)59-86-92(80,81)88-63-69(61-84-71(76)55-48-41-33-30-29-32-39-46-53-66(6)9-2)90-74(79)58-51-44-35-28-25-22-20-18-17-19-21-23-26-31-38-45-52-65(4)5/h65-70,75H,8-64H2,1-7H3,(H,80,81)(H,82,83)/t66?,67?,68-,69-,70-/m1/s1. The summed E-state index contributed by atoms with van der Waals surface area (Å²) in [6.07, 6.45) is 49.9. The van der Waals surface area contributed by atoms with Crippen LogP contribution in [0.3, 0.4) is 0 Å². The molecule has 4 unspecified atom stereocenters. The second-order valence-corrected chi connectivity index (χ2v) is 30.6. The highest BCUT2D eigenvalue weighted by Crippen LogP contribution is 2.45. The molecule has 0 radical (unpaired) electrons. The van der Waals surface area contributed by atoms with Crippen molar-refractivity contribution in [3.8, 4) is 0 Å². The van der Waals surface area contributed by atoms with E-state index in [-0.39, 0.29) is 25.7 Å². The summed E-state index contributed by atoms with van der Waals surface area (Å²) >= 11 is 0. The Morgan fingerprint density at radius 3 is 0.817 bits per heavy atom. The molecule has 0 aromatic heterocycles. The van der Waals surface area contributed by atoms with Crippen molar-refractivity contribution in [2.24, 2.45) is 17.8 Å². The van der Waals surface area contributed by atoms with Gasteiger partial charge in [-0.1, -0.05) is 325 Å². The van der Waals surface area contributed by atoms with E-state index < -0.39 is 97.5 Å². The van der Waals surface area contributed by atoms with Gasteiger partial charge in [-0.25, -0.2) is 9.13 Å². The minimum absolute atomic E-state index is 0.106. The molecule has 3 N–H and O–H groups in total. The van der Waals surface area contributed by atoms with Gasteiger partial charge in [-0.15, -0.1) is 0 Å². The third-order valence-electron chi connectivity index (χ3n) is 17.9. The maximum atomic E-state index is 13.1. The lowest BCUT2D eigenvalue weighted by molar-refractivity contribution is -0.161. The summed E-state index contributed by atoms with van der Waals surface area (Å²) in [6.45, 7) is 11.9. The van der Waals surface area contributed by atoms with Crippen molar-refractivity contribution >= 4 is 39.5 Å². The van der Waals surface area contributed by atoms with Crippen LogP contribution in [0.5, 0.6) is 0 Å². The maximum Gasteiger partial charge on any atom is 0.472 e. The number of ether oxygens (including phenoxy) is 4. The Balaban J connectivity index is 5.23. The second kappa shape index (κ2) is 64.7. The maximum absolute atomic E-state index is 13.1. The van der Waals surface area contributed by atoms with E-state index in [1.54, 1.807) is 0 Å². The van der Waals surface area contributed by atoms with Crippen molar-refractivity contribution in [1.29, 1.82) is 0 Å². The Bertz CT molecular complexity index is 1820. The van der Waals surface area contributed by atoms with Gasteiger partial charge in [0, 0.05) is 25.7 Å². The third-order valence-corrected chi connectivity index (χ3v) is 19.8. The second-order valence-electron chi connectivity index (χ2n) is 27.6. The van der Waals surface area contributed by atoms with Gasteiger partial charge in [-0.3, -0.25) is 37.3 Å². The van der Waals surface area contributed by atoms with E-state index >= 15 is 0 Å². The van der Waals surface area contributed by atoms with Gasteiger partial charge in [0.05, 0.1) is 26.4 Å². The summed E-state index contributed by atoms with van der Waals surface area (Å²) in [4.78, 5) is 72.7. The van der Waals surface area contributed by atoms with Crippen molar-refractivity contribution in [3.63, 3.8) is 0 Å². The van der Waals surface area contributed by atoms with E-state index in [2.05, 4.69) is 48.5 Å². The Morgan fingerprint density at radius 1 is 0.312 bits per heavy atom. The summed E-state index contributed by atoms with van der Waals surface area (Å²) in [5.41, 5.74) is 0. The fourth-order valence-electron chi connectivity index (χ4n) is 11.2. The first-order valence-corrected chi connectivity index (χ1v) is 41.4. The van der Waals surface area contributed by atoms with Crippen LogP contribution in [0.15, 0.2) is 0 Å². The van der Waals surface area contributed by atoms with Crippen LogP contribution in [-0.2, 0) is 65.4 Å². The van der Waals surface area contributed by atoms with Gasteiger partial charge < -0.3 is 33.8 Å². The zero-order valence-electron chi connectivity index (χ0n) is 60.7. The summed E-state index contributed by atoms with van der Waals surface area (Å²) in [6, 6.07) is 0. The lowest BCUT2D eigenvalue weighted by Crippen LogP contribution is -2.30. The minimum Gasteiger partial charge on any atom is -0.462 e. The van der Waals surface area contributed by atoms with Gasteiger partial charge in [0.1, 0.15) is 19.3 Å². The number of hydrogen-bond acceptors (Lipinski definition) is 15. The molecule has 0 amide bonds. The Kier molecular flexibility index (Phi) is 63.4. The summed E-state index contributed by atoms with van der Waals surface area (Å²) < 4.78 is 68.4. The van der Waals surface area contributed by atoms with Crippen molar-refractivity contribution in [2.75, 3.05) is 39.6 Å². The SMILES string of the molecule is CCCCCCCCCCCCCCC(=O)O[C@H](COC(=O)CCCCCCCCC(C)CC)COP(=O)(O)OC[C@H](O)COP(=O)(O)OC[C@@H](COC(=O)CCCCCCCCCCC(C)CC)OC(=O)CCCCCCCCCCCCCCCCCCC(C)C. The van der Waals surface area contributed by atoms with Crippen LogP contribution in [0.4, 0.5) is 0 Å². The number of hydrogen-bond donors (Lipinski definition) is 3. The zero-order chi connectivity index (χ0) is 68.7. The Morgan fingerprint density at radius 2 is 0.548 bits per heavy atom. The van der Waals surface area contributed by atoms with Crippen LogP contribution >= 0.6 is 15.6 Å². The molecule has 7 atom stereocenters. The number of aliphatic hydroxyl groups is 1. The van der Waals surface area contributed by atoms with E-state index in [1.807, 2.05) is 0 Å². The molecule has 0 heterocycles. The number of rotatable bonds is 72. The highest BCUT2D eigenvalue weighted by molar-refractivity contribution is 7.47. The minimum atomic E-state index is -4.96. The average molecular weight is 1370 g/mol. The topological polar surface area (TPSA) is 237 Å². The first-order valence-electron chi connectivity index (χ1n) is 38.4. The van der Waals surface area contributed by atoms with Crippen LogP contribution in [0.25, 0.3) is 0 Å². The van der Waals surface area contributed by atoms with Crippen LogP contribution in [0.1, 0.15) is 376 Å². The van der Waals surface area contributed by atoms with Crippen LogP contribution in [0.2, 0.25) is 0 Å². The van der Waals surface area contributed by atoms with Crippen molar-refractivity contribution < 1.29 is 80.2 Å². The molecule has 93 heavy (non-hydrogen) atoms.